The smallest absolute Gasteiger partial charge is 0.227 e. The van der Waals surface area contributed by atoms with Crippen LogP contribution in [-0.4, -0.2) is 9.97 Å². The summed E-state index contributed by atoms with van der Waals surface area (Å²) in [5, 5.41) is 2.16. The van der Waals surface area contributed by atoms with Gasteiger partial charge in [-0.2, -0.15) is 0 Å². The number of fused-ring (bicyclic) bond motifs is 3. The average Bonchev–Trinajstić information content (AvgIpc) is 3.71. The van der Waals surface area contributed by atoms with Gasteiger partial charge in [-0.15, -0.1) is 0 Å². The standard InChI is InChI=1S/C42H50N2O2/c1-3-5-7-9-11-13-15-19-31-23-27-39-37(29-31)43-41(45-39)35-25-26-36(34-22-18-17-21-33(34)35)42-44-38-30-32(24-28-40(38)46-42)20-16-14-12-10-8-6-4-2/h17-18,21-30H,3-16,19-20H2,1-2H3. The molecule has 0 amide bonds. The second kappa shape index (κ2) is 16.1. The predicted octanol–water partition coefficient (Wildman–Crippen LogP) is 13.0. The summed E-state index contributed by atoms with van der Waals surface area (Å²) in [6, 6.07) is 25.6. The molecule has 0 N–H and O–H groups in total. The zero-order valence-electron chi connectivity index (χ0n) is 28.0. The van der Waals surface area contributed by atoms with E-state index in [1.165, 1.54) is 101 Å². The summed E-state index contributed by atoms with van der Waals surface area (Å²) in [5.74, 6) is 1.30. The Morgan fingerprint density at radius 3 is 1.30 bits per heavy atom. The lowest BCUT2D eigenvalue weighted by Crippen LogP contribution is -1.87. The van der Waals surface area contributed by atoms with E-state index in [1.54, 1.807) is 0 Å². The van der Waals surface area contributed by atoms with Crippen molar-refractivity contribution < 1.29 is 8.83 Å². The Balaban J connectivity index is 1.16. The third-order valence-corrected chi connectivity index (χ3v) is 9.43. The topological polar surface area (TPSA) is 52.1 Å². The van der Waals surface area contributed by atoms with Crippen LogP contribution in [0.5, 0.6) is 0 Å². The fraction of sp³-hybridized carbons (Fsp3) is 0.429. The highest BCUT2D eigenvalue weighted by molar-refractivity contribution is 6.03. The lowest BCUT2D eigenvalue weighted by molar-refractivity contribution is 0.589. The minimum atomic E-state index is 0.651. The summed E-state index contributed by atoms with van der Waals surface area (Å²) in [5.41, 5.74) is 8.15. The van der Waals surface area contributed by atoms with Crippen molar-refractivity contribution >= 4 is 33.0 Å². The van der Waals surface area contributed by atoms with Crippen molar-refractivity contribution in [2.45, 2.75) is 117 Å². The third kappa shape index (κ3) is 7.89. The number of hydrogen-bond donors (Lipinski definition) is 0. The van der Waals surface area contributed by atoms with Crippen LogP contribution in [0.1, 0.15) is 115 Å². The molecule has 0 spiro atoms. The van der Waals surface area contributed by atoms with E-state index in [2.05, 4.69) is 86.6 Å². The number of hydrogen-bond acceptors (Lipinski definition) is 4. The number of benzene rings is 4. The molecule has 4 heteroatoms. The zero-order valence-corrected chi connectivity index (χ0v) is 28.0. The highest BCUT2D eigenvalue weighted by Crippen LogP contribution is 2.37. The van der Waals surface area contributed by atoms with Gasteiger partial charge in [0.15, 0.2) is 11.2 Å². The first-order valence-corrected chi connectivity index (χ1v) is 18.0. The molecule has 0 aliphatic rings. The third-order valence-electron chi connectivity index (χ3n) is 9.43. The molecule has 0 fully saturated rings. The molecule has 4 aromatic carbocycles. The molecule has 0 aliphatic heterocycles. The minimum absolute atomic E-state index is 0.651. The normalized spacial score (nSPS) is 11.8. The number of oxazole rings is 2. The lowest BCUT2D eigenvalue weighted by Gasteiger charge is -2.07. The molecule has 0 atom stereocenters. The molecule has 0 saturated heterocycles. The molecule has 2 aromatic heterocycles. The van der Waals surface area contributed by atoms with Gasteiger partial charge in [-0.3, -0.25) is 0 Å². The Hall–Kier alpha value is -3.92. The SMILES string of the molecule is CCCCCCCCCc1ccc2oc(-c3ccc(-c4nc5cc(CCCCCCCCC)ccc5o4)c4ccccc34)nc2c1. The molecule has 0 bridgehead atoms. The van der Waals surface area contributed by atoms with E-state index in [4.69, 9.17) is 18.8 Å². The molecule has 6 aromatic rings. The van der Waals surface area contributed by atoms with Crippen LogP contribution in [-0.2, 0) is 12.8 Å². The molecule has 0 radical (unpaired) electrons. The quantitative estimate of drug-likeness (QED) is 0.0904. The first kappa shape index (κ1) is 32.0. The second-order valence-electron chi connectivity index (χ2n) is 13.1. The van der Waals surface area contributed by atoms with Crippen LogP contribution in [0.25, 0.3) is 55.9 Å². The Bertz CT molecular complexity index is 1710. The second-order valence-corrected chi connectivity index (χ2v) is 13.1. The number of unbranched alkanes of at least 4 members (excludes halogenated alkanes) is 12. The van der Waals surface area contributed by atoms with Crippen molar-refractivity contribution in [3.63, 3.8) is 0 Å². The number of aryl methyl sites for hydroxylation is 2. The molecule has 6 rings (SSSR count). The van der Waals surface area contributed by atoms with Crippen LogP contribution in [0.15, 0.2) is 81.6 Å². The van der Waals surface area contributed by atoms with E-state index in [-0.39, 0.29) is 0 Å². The molecule has 4 nitrogen and oxygen atoms in total. The van der Waals surface area contributed by atoms with Crippen molar-refractivity contribution in [2.24, 2.45) is 0 Å². The van der Waals surface area contributed by atoms with Crippen LogP contribution >= 0.6 is 0 Å². The van der Waals surface area contributed by atoms with Gasteiger partial charge in [0.05, 0.1) is 0 Å². The molecule has 0 saturated carbocycles. The highest BCUT2D eigenvalue weighted by atomic mass is 16.4. The van der Waals surface area contributed by atoms with Crippen LogP contribution in [0, 0.1) is 0 Å². The maximum Gasteiger partial charge on any atom is 0.227 e. The van der Waals surface area contributed by atoms with Crippen molar-refractivity contribution in [1.29, 1.82) is 0 Å². The van der Waals surface area contributed by atoms with E-state index in [9.17, 15) is 0 Å². The van der Waals surface area contributed by atoms with Gasteiger partial charge in [0, 0.05) is 11.1 Å². The Kier molecular flexibility index (Phi) is 11.2. The molecule has 46 heavy (non-hydrogen) atoms. The zero-order chi connectivity index (χ0) is 31.6. The largest absolute Gasteiger partial charge is 0.436 e. The first-order valence-electron chi connectivity index (χ1n) is 18.0. The van der Waals surface area contributed by atoms with E-state index in [0.29, 0.717) is 11.8 Å². The summed E-state index contributed by atoms with van der Waals surface area (Å²) >= 11 is 0. The maximum absolute atomic E-state index is 6.32. The van der Waals surface area contributed by atoms with Gasteiger partial charge in [0.2, 0.25) is 11.8 Å². The van der Waals surface area contributed by atoms with Gasteiger partial charge in [-0.1, -0.05) is 127 Å². The monoisotopic (exact) mass is 614 g/mol. The highest BCUT2D eigenvalue weighted by Gasteiger charge is 2.17. The van der Waals surface area contributed by atoms with E-state index in [1.807, 2.05) is 0 Å². The van der Waals surface area contributed by atoms with Crippen LogP contribution in [0.2, 0.25) is 0 Å². The Morgan fingerprint density at radius 2 is 0.870 bits per heavy atom. The van der Waals surface area contributed by atoms with E-state index < -0.39 is 0 Å². The van der Waals surface area contributed by atoms with E-state index >= 15 is 0 Å². The molecule has 2 heterocycles. The van der Waals surface area contributed by atoms with E-state index in [0.717, 1.165) is 56.9 Å². The molecule has 240 valence electrons. The van der Waals surface area contributed by atoms with Crippen LogP contribution in [0.3, 0.4) is 0 Å². The number of rotatable bonds is 18. The number of nitrogens with zero attached hydrogens (tertiary/aromatic N) is 2. The fourth-order valence-electron chi connectivity index (χ4n) is 6.73. The molecular formula is C42H50N2O2. The Morgan fingerprint density at radius 1 is 0.457 bits per heavy atom. The van der Waals surface area contributed by atoms with Gasteiger partial charge >= 0.3 is 0 Å². The van der Waals surface area contributed by atoms with Crippen molar-refractivity contribution in [3.8, 4) is 22.9 Å². The fourth-order valence-corrected chi connectivity index (χ4v) is 6.73. The average molecular weight is 615 g/mol. The van der Waals surface area contributed by atoms with Crippen molar-refractivity contribution in [1.82, 2.24) is 9.97 Å². The van der Waals surface area contributed by atoms with Gasteiger partial charge in [0.25, 0.3) is 0 Å². The summed E-state index contributed by atoms with van der Waals surface area (Å²) in [6.07, 6.45) is 20.7. The molecular weight excluding hydrogens is 564 g/mol. The molecule has 0 unspecified atom stereocenters. The molecule has 0 aliphatic carbocycles. The summed E-state index contributed by atoms with van der Waals surface area (Å²) in [4.78, 5) is 9.92. The number of aromatic nitrogens is 2. The van der Waals surface area contributed by atoms with Crippen LogP contribution < -0.4 is 0 Å². The maximum atomic E-state index is 6.32. The van der Waals surface area contributed by atoms with Crippen molar-refractivity contribution in [2.75, 3.05) is 0 Å². The van der Waals surface area contributed by atoms with Gasteiger partial charge < -0.3 is 8.83 Å². The van der Waals surface area contributed by atoms with Gasteiger partial charge in [-0.25, -0.2) is 9.97 Å². The lowest BCUT2D eigenvalue weighted by atomic mass is 9.99. The van der Waals surface area contributed by atoms with Crippen molar-refractivity contribution in [3.05, 3.63) is 83.9 Å². The summed E-state index contributed by atoms with van der Waals surface area (Å²) < 4.78 is 12.6. The summed E-state index contributed by atoms with van der Waals surface area (Å²) in [6.45, 7) is 4.55. The first-order chi connectivity index (χ1) is 22.7. The van der Waals surface area contributed by atoms with Gasteiger partial charge in [-0.05, 0) is 84.0 Å². The minimum Gasteiger partial charge on any atom is -0.436 e. The van der Waals surface area contributed by atoms with Crippen LogP contribution in [0.4, 0.5) is 0 Å². The summed E-state index contributed by atoms with van der Waals surface area (Å²) in [7, 11) is 0. The predicted molar refractivity (Wildman–Crippen MR) is 193 cm³/mol. The Labute approximate surface area is 274 Å². The van der Waals surface area contributed by atoms with Gasteiger partial charge in [0.1, 0.15) is 11.0 Å².